The van der Waals surface area contributed by atoms with E-state index in [1.807, 2.05) is 0 Å². The van der Waals surface area contributed by atoms with Crippen LogP contribution in [-0.4, -0.2) is 11.2 Å². The number of benzene rings is 1. The average Bonchev–Trinajstić information content (AvgIpc) is 2.27. The summed E-state index contributed by atoms with van der Waals surface area (Å²) in [5.41, 5.74) is -3.16. The van der Waals surface area contributed by atoms with Gasteiger partial charge in [-0.1, -0.05) is 0 Å². The molecule has 0 aromatic heterocycles. The normalized spacial score (nSPS) is 10.8. The first-order chi connectivity index (χ1) is 8.31. The molecule has 0 saturated carbocycles. The average molecular weight is 258 g/mol. The Morgan fingerprint density at radius 3 is 2.44 bits per heavy atom. The highest BCUT2D eigenvalue weighted by molar-refractivity contribution is 5.79. The number of carbonyl (C=O) groups is 1. The lowest BCUT2D eigenvalue weighted by Crippen LogP contribution is -2.11. The predicted octanol–water partition coefficient (Wildman–Crippen LogP) is 2.49. The first-order valence-corrected chi connectivity index (χ1v) is 4.52. The zero-order valence-corrected chi connectivity index (χ0v) is 8.69. The van der Waals surface area contributed by atoms with E-state index in [0.717, 1.165) is 0 Å². The first kappa shape index (κ1) is 13.6. The van der Waals surface area contributed by atoms with Crippen LogP contribution in [-0.2, 0) is 12.6 Å². The van der Waals surface area contributed by atoms with Gasteiger partial charge in [-0.25, -0.2) is 0 Å². The van der Waals surface area contributed by atoms with E-state index >= 15 is 0 Å². The number of carbonyl (C=O) groups excluding carboxylic acids is 1. The molecular weight excluding hydrogens is 253 g/mol. The van der Waals surface area contributed by atoms with Crippen LogP contribution < -0.4 is 0 Å². The Hall–Kier alpha value is -2.43. The number of hydrogen-bond acceptors (Lipinski definition) is 4. The lowest BCUT2D eigenvalue weighted by molar-refractivity contribution is -0.388. The molecule has 0 atom stereocenters. The van der Waals surface area contributed by atoms with Gasteiger partial charge in [0.1, 0.15) is 11.8 Å². The molecule has 0 aliphatic heterocycles. The summed E-state index contributed by atoms with van der Waals surface area (Å²) in [6.07, 6.45) is -5.19. The van der Waals surface area contributed by atoms with Crippen molar-refractivity contribution in [3.8, 4) is 6.07 Å². The van der Waals surface area contributed by atoms with Crippen LogP contribution in [0.5, 0.6) is 0 Å². The minimum atomic E-state index is -4.94. The molecule has 0 aliphatic rings. The Morgan fingerprint density at radius 1 is 1.44 bits per heavy atom. The lowest BCUT2D eigenvalue weighted by atomic mass is 10.0. The van der Waals surface area contributed by atoms with E-state index in [1.54, 1.807) is 6.07 Å². The van der Waals surface area contributed by atoms with Gasteiger partial charge in [0.05, 0.1) is 17.4 Å². The van der Waals surface area contributed by atoms with Crippen molar-refractivity contribution < 1.29 is 22.9 Å². The fourth-order valence-corrected chi connectivity index (χ4v) is 1.37. The van der Waals surface area contributed by atoms with Crippen molar-refractivity contribution in [2.24, 2.45) is 0 Å². The van der Waals surface area contributed by atoms with Gasteiger partial charge in [0.2, 0.25) is 0 Å². The van der Waals surface area contributed by atoms with Gasteiger partial charge in [-0.05, 0) is 11.6 Å². The standard InChI is InChI=1S/C10H5F3N2O3/c11-10(12,13)8-3-7(5-16)6(1-2-14)4-9(8)15(17)18/h3-5H,1H2. The molecule has 8 heteroatoms. The Morgan fingerprint density at radius 2 is 2.06 bits per heavy atom. The minimum absolute atomic E-state index is 0.104. The smallest absolute Gasteiger partial charge is 0.298 e. The number of nitrogens with zero attached hydrogens (tertiary/aromatic N) is 2. The van der Waals surface area contributed by atoms with E-state index < -0.39 is 22.4 Å². The summed E-state index contributed by atoms with van der Waals surface area (Å²) in [6.45, 7) is 0. The topological polar surface area (TPSA) is 84.0 Å². The number of halogens is 3. The van der Waals surface area contributed by atoms with Crippen LogP contribution in [0.15, 0.2) is 12.1 Å². The molecule has 1 aromatic carbocycles. The quantitative estimate of drug-likeness (QED) is 0.473. The third kappa shape index (κ3) is 2.63. The molecule has 0 saturated heterocycles. The van der Waals surface area contributed by atoms with Crippen LogP contribution in [0.1, 0.15) is 21.5 Å². The second kappa shape index (κ2) is 4.83. The molecule has 94 valence electrons. The fraction of sp³-hybridized carbons (Fsp3) is 0.200. The van der Waals surface area contributed by atoms with Crippen molar-refractivity contribution in [2.75, 3.05) is 0 Å². The van der Waals surface area contributed by atoms with E-state index in [-0.39, 0.29) is 23.8 Å². The SMILES string of the molecule is N#CCc1cc([N+](=O)[O-])c(C(F)(F)F)cc1C=O. The molecular formula is C10H5F3N2O3. The molecule has 0 N–H and O–H groups in total. The summed E-state index contributed by atoms with van der Waals surface area (Å²) < 4.78 is 37.7. The Kier molecular flexibility index (Phi) is 3.66. The van der Waals surface area contributed by atoms with Crippen molar-refractivity contribution in [2.45, 2.75) is 12.6 Å². The van der Waals surface area contributed by atoms with Gasteiger partial charge in [-0.2, -0.15) is 18.4 Å². The van der Waals surface area contributed by atoms with E-state index in [2.05, 4.69) is 0 Å². The zero-order valence-electron chi connectivity index (χ0n) is 8.69. The van der Waals surface area contributed by atoms with Crippen molar-refractivity contribution in [3.63, 3.8) is 0 Å². The van der Waals surface area contributed by atoms with E-state index in [1.165, 1.54) is 0 Å². The van der Waals surface area contributed by atoms with E-state index in [9.17, 15) is 28.1 Å². The number of alkyl halides is 3. The number of aldehydes is 1. The number of rotatable bonds is 3. The molecule has 0 radical (unpaired) electrons. The summed E-state index contributed by atoms with van der Waals surface area (Å²) in [7, 11) is 0. The van der Waals surface area contributed by atoms with Gasteiger partial charge in [0.25, 0.3) is 5.69 Å². The minimum Gasteiger partial charge on any atom is -0.298 e. The lowest BCUT2D eigenvalue weighted by Gasteiger charge is -2.09. The van der Waals surface area contributed by atoms with Crippen LogP contribution in [0.4, 0.5) is 18.9 Å². The molecule has 0 heterocycles. The summed E-state index contributed by atoms with van der Waals surface area (Å²) in [5.74, 6) is 0. The van der Waals surface area contributed by atoms with Crippen LogP contribution in [0.25, 0.3) is 0 Å². The third-order valence-corrected chi connectivity index (χ3v) is 2.16. The highest BCUT2D eigenvalue weighted by Crippen LogP contribution is 2.37. The van der Waals surface area contributed by atoms with Crippen LogP contribution >= 0.6 is 0 Å². The van der Waals surface area contributed by atoms with Gasteiger partial charge in [0, 0.05) is 11.6 Å². The molecule has 0 amide bonds. The van der Waals surface area contributed by atoms with Crippen molar-refractivity contribution in [1.82, 2.24) is 0 Å². The third-order valence-electron chi connectivity index (χ3n) is 2.16. The van der Waals surface area contributed by atoms with Gasteiger partial charge in [-0.15, -0.1) is 0 Å². The molecule has 0 fully saturated rings. The highest BCUT2D eigenvalue weighted by atomic mass is 19.4. The maximum Gasteiger partial charge on any atom is 0.423 e. The highest BCUT2D eigenvalue weighted by Gasteiger charge is 2.39. The summed E-state index contributed by atoms with van der Waals surface area (Å²) in [4.78, 5) is 20.0. The molecule has 18 heavy (non-hydrogen) atoms. The summed E-state index contributed by atoms with van der Waals surface area (Å²) in [5, 5.41) is 19.0. The van der Waals surface area contributed by atoms with E-state index in [0.29, 0.717) is 12.1 Å². The monoisotopic (exact) mass is 258 g/mol. The molecule has 0 bridgehead atoms. The van der Waals surface area contributed by atoms with Crippen LogP contribution in [0.3, 0.4) is 0 Å². The largest absolute Gasteiger partial charge is 0.423 e. The zero-order chi connectivity index (χ0) is 13.9. The summed E-state index contributed by atoms with van der Waals surface area (Å²) >= 11 is 0. The Balaban J connectivity index is 3.58. The van der Waals surface area contributed by atoms with Crippen molar-refractivity contribution >= 4 is 12.0 Å². The Bertz CT molecular complexity index is 547. The second-order valence-electron chi connectivity index (χ2n) is 3.28. The molecule has 1 rings (SSSR count). The number of hydrogen-bond donors (Lipinski definition) is 0. The maximum atomic E-state index is 12.6. The van der Waals surface area contributed by atoms with Crippen molar-refractivity contribution in [3.05, 3.63) is 38.9 Å². The van der Waals surface area contributed by atoms with Crippen LogP contribution in [0, 0.1) is 21.4 Å². The van der Waals surface area contributed by atoms with Gasteiger partial charge in [-0.3, -0.25) is 14.9 Å². The molecule has 0 aliphatic carbocycles. The van der Waals surface area contributed by atoms with Gasteiger partial charge >= 0.3 is 6.18 Å². The summed E-state index contributed by atoms with van der Waals surface area (Å²) in [6, 6.07) is 2.61. The Labute approximate surface area is 98.6 Å². The fourth-order valence-electron chi connectivity index (χ4n) is 1.37. The van der Waals surface area contributed by atoms with Crippen molar-refractivity contribution in [1.29, 1.82) is 5.26 Å². The van der Waals surface area contributed by atoms with Gasteiger partial charge in [0.15, 0.2) is 0 Å². The second-order valence-corrected chi connectivity index (χ2v) is 3.28. The van der Waals surface area contributed by atoms with Gasteiger partial charge < -0.3 is 0 Å². The number of nitro benzene ring substituents is 1. The molecule has 1 aromatic rings. The number of nitro groups is 1. The van der Waals surface area contributed by atoms with E-state index in [4.69, 9.17) is 5.26 Å². The molecule has 0 spiro atoms. The first-order valence-electron chi connectivity index (χ1n) is 4.52. The predicted molar refractivity (Wildman–Crippen MR) is 52.8 cm³/mol. The number of nitriles is 1. The molecule has 5 nitrogen and oxygen atoms in total. The van der Waals surface area contributed by atoms with Crippen LogP contribution in [0.2, 0.25) is 0 Å². The maximum absolute atomic E-state index is 12.6. The molecule has 0 unspecified atom stereocenters.